The number of rotatable bonds is 6. The Morgan fingerprint density at radius 1 is 1.56 bits per heavy atom. The first-order chi connectivity index (χ1) is 8.56. The molecule has 0 aliphatic heterocycles. The van der Waals surface area contributed by atoms with E-state index in [2.05, 4.69) is 15.8 Å². The molecule has 0 bridgehead atoms. The fraction of sp³-hybridized carbons (Fsp3) is 0.667. The van der Waals surface area contributed by atoms with Crippen molar-refractivity contribution in [3.05, 3.63) is 17.5 Å². The first-order valence-corrected chi connectivity index (χ1v) is 6.17. The highest BCUT2D eigenvalue weighted by atomic mass is 16.5. The summed E-state index contributed by atoms with van der Waals surface area (Å²) in [4.78, 5) is 11.5. The van der Waals surface area contributed by atoms with Gasteiger partial charge >= 0.3 is 6.03 Å². The molecule has 6 nitrogen and oxygen atoms in total. The molecule has 0 radical (unpaired) electrons. The Morgan fingerprint density at radius 2 is 2.28 bits per heavy atom. The molecule has 3 N–H and O–H groups in total. The average molecular weight is 255 g/mol. The van der Waals surface area contributed by atoms with Crippen LogP contribution in [0.4, 0.5) is 4.79 Å². The lowest BCUT2D eigenvalue weighted by Gasteiger charge is -2.13. The van der Waals surface area contributed by atoms with Crippen LogP contribution >= 0.6 is 0 Å². The summed E-state index contributed by atoms with van der Waals surface area (Å²) in [5, 5.41) is 18.2. The molecule has 1 heterocycles. The molecule has 102 valence electrons. The van der Waals surface area contributed by atoms with E-state index in [1.165, 1.54) is 0 Å². The molecule has 0 aliphatic rings. The summed E-state index contributed by atoms with van der Waals surface area (Å²) in [5.41, 5.74) is 0.869. The van der Waals surface area contributed by atoms with Crippen molar-refractivity contribution in [2.24, 2.45) is 0 Å². The summed E-state index contributed by atoms with van der Waals surface area (Å²) in [7, 11) is 0. The third-order valence-electron chi connectivity index (χ3n) is 2.64. The van der Waals surface area contributed by atoms with Gasteiger partial charge in [0.25, 0.3) is 0 Å². The van der Waals surface area contributed by atoms with Gasteiger partial charge in [-0.05, 0) is 12.3 Å². The van der Waals surface area contributed by atoms with Crippen LogP contribution in [0.25, 0.3) is 0 Å². The Balaban J connectivity index is 2.37. The van der Waals surface area contributed by atoms with Crippen molar-refractivity contribution in [2.75, 3.05) is 6.61 Å². The Kier molecular flexibility index (Phi) is 5.64. The topological polar surface area (TPSA) is 87.4 Å². The Hall–Kier alpha value is -1.56. The summed E-state index contributed by atoms with van der Waals surface area (Å²) < 4.78 is 5.09. The highest BCUT2D eigenvalue weighted by Gasteiger charge is 2.11. The Labute approximate surface area is 107 Å². The summed E-state index contributed by atoms with van der Waals surface area (Å²) in [6.07, 6.45) is 0.684. The van der Waals surface area contributed by atoms with Crippen LogP contribution in [0, 0.1) is 0 Å². The molecule has 1 unspecified atom stereocenters. The number of carbonyl (C=O) groups excluding carboxylic acids is 1. The monoisotopic (exact) mass is 255 g/mol. The lowest BCUT2D eigenvalue weighted by Crippen LogP contribution is -2.43. The Bertz CT molecular complexity index is 372. The number of nitrogens with one attached hydrogen (secondary N) is 2. The maximum atomic E-state index is 11.5. The molecule has 0 aliphatic carbocycles. The van der Waals surface area contributed by atoms with E-state index in [0.29, 0.717) is 18.1 Å². The van der Waals surface area contributed by atoms with Gasteiger partial charge in [0.1, 0.15) is 0 Å². The standard InChI is InChI=1S/C12H21N3O3/c1-4-9(7-16)14-12(17)13-6-10-5-11(8(2)3)15-18-10/h5,8-9,16H,4,6-7H2,1-3H3,(H2,13,14,17). The lowest BCUT2D eigenvalue weighted by atomic mass is 10.1. The molecular weight excluding hydrogens is 234 g/mol. The fourth-order valence-corrected chi connectivity index (χ4v) is 1.36. The molecule has 6 heteroatoms. The van der Waals surface area contributed by atoms with Gasteiger partial charge in [-0.2, -0.15) is 0 Å². The number of amides is 2. The summed E-state index contributed by atoms with van der Waals surface area (Å²) in [6.45, 7) is 6.16. The molecule has 2 amide bonds. The van der Waals surface area contributed by atoms with E-state index < -0.39 is 0 Å². The quantitative estimate of drug-likeness (QED) is 0.716. The van der Waals surface area contributed by atoms with Crippen LogP contribution in [0.1, 0.15) is 44.6 Å². The number of hydrogen-bond acceptors (Lipinski definition) is 4. The second kappa shape index (κ2) is 7.00. The molecule has 0 aromatic carbocycles. The van der Waals surface area contributed by atoms with Gasteiger partial charge in [-0.3, -0.25) is 0 Å². The van der Waals surface area contributed by atoms with Crippen molar-refractivity contribution < 1.29 is 14.4 Å². The summed E-state index contributed by atoms with van der Waals surface area (Å²) in [6, 6.07) is 1.29. The zero-order valence-corrected chi connectivity index (χ0v) is 11.1. The van der Waals surface area contributed by atoms with Crippen molar-refractivity contribution in [1.29, 1.82) is 0 Å². The van der Waals surface area contributed by atoms with Crippen molar-refractivity contribution in [1.82, 2.24) is 15.8 Å². The summed E-state index contributed by atoms with van der Waals surface area (Å²) >= 11 is 0. The largest absolute Gasteiger partial charge is 0.394 e. The first kappa shape index (κ1) is 14.5. The van der Waals surface area contributed by atoms with Crippen LogP contribution < -0.4 is 10.6 Å². The molecule has 0 spiro atoms. The Morgan fingerprint density at radius 3 is 2.78 bits per heavy atom. The van der Waals surface area contributed by atoms with Gasteiger partial charge < -0.3 is 20.3 Å². The van der Waals surface area contributed by atoms with E-state index in [9.17, 15) is 4.79 Å². The predicted molar refractivity (Wildman–Crippen MR) is 67.1 cm³/mol. The number of aliphatic hydroxyl groups excluding tert-OH is 1. The highest BCUT2D eigenvalue weighted by molar-refractivity contribution is 5.74. The van der Waals surface area contributed by atoms with Gasteiger partial charge in [0.15, 0.2) is 5.76 Å². The van der Waals surface area contributed by atoms with Crippen LogP contribution in [0.15, 0.2) is 10.6 Å². The smallest absolute Gasteiger partial charge is 0.315 e. The molecule has 1 aromatic heterocycles. The molecule has 0 saturated carbocycles. The molecule has 18 heavy (non-hydrogen) atoms. The first-order valence-electron chi connectivity index (χ1n) is 6.17. The van der Waals surface area contributed by atoms with Gasteiger partial charge in [0.05, 0.1) is 24.9 Å². The molecular formula is C12H21N3O3. The maximum Gasteiger partial charge on any atom is 0.315 e. The number of aliphatic hydroxyl groups is 1. The van der Waals surface area contributed by atoms with Crippen LogP contribution in [0.3, 0.4) is 0 Å². The van der Waals surface area contributed by atoms with E-state index in [4.69, 9.17) is 9.63 Å². The van der Waals surface area contributed by atoms with Crippen LogP contribution in [-0.4, -0.2) is 28.9 Å². The molecule has 0 saturated heterocycles. The van der Waals surface area contributed by atoms with E-state index in [1.54, 1.807) is 0 Å². The predicted octanol–water partition coefficient (Wildman–Crippen LogP) is 1.37. The lowest BCUT2D eigenvalue weighted by molar-refractivity contribution is 0.213. The molecule has 1 rings (SSSR count). The van der Waals surface area contributed by atoms with Crippen molar-refractivity contribution in [2.45, 2.75) is 45.7 Å². The van der Waals surface area contributed by atoms with Gasteiger partial charge in [0.2, 0.25) is 0 Å². The third kappa shape index (κ3) is 4.37. The van der Waals surface area contributed by atoms with Crippen LogP contribution in [-0.2, 0) is 6.54 Å². The third-order valence-corrected chi connectivity index (χ3v) is 2.64. The van der Waals surface area contributed by atoms with Crippen molar-refractivity contribution in [3.8, 4) is 0 Å². The van der Waals surface area contributed by atoms with E-state index in [1.807, 2.05) is 26.8 Å². The second-order valence-electron chi connectivity index (χ2n) is 4.49. The zero-order valence-electron chi connectivity index (χ0n) is 11.1. The number of nitrogens with zero attached hydrogens (tertiary/aromatic N) is 1. The zero-order chi connectivity index (χ0) is 13.5. The molecule has 1 aromatic rings. The van der Waals surface area contributed by atoms with E-state index >= 15 is 0 Å². The van der Waals surface area contributed by atoms with Gasteiger partial charge in [-0.15, -0.1) is 0 Å². The minimum atomic E-state index is -0.321. The normalized spacial score (nSPS) is 12.5. The highest BCUT2D eigenvalue weighted by Crippen LogP contribution is 2.13. The maximum absolute atomic E-state index is 11.5. The van der Waals surface area contributed by atoms with E-state index in [-0.39, 0.29) is 25.2 Å². The summed E-state index contributed by atoms with van der Waals surface area (Å²) in [5.74, 6) is 0.918. The van der Waals surface area contributed by atoms with Crippen molar-refractivity contribution in [3.63, 3.8) is 0 Å². The number of hydrogen-bond donors (Lipinski definition) is 3. The van der Waals surface area contributed by atoms with Crippen molar-refractivity contribution >= 4 is 6.03 Å². The minimum absolute atomic E-state index is 0.0657. The fourth-order valence-electron chi connectivity index (χ4n) is 1.36. The van der Waals surface area contributed by atoms with Gasteiger partial charge in [-0.25, -0.2) is 4.79 Å². The van der Waals surface area contributed by atoms with Crippen LogP contribution in [0.5, 0.6) is 0 Å². The average Bonchev–Trinajstić information content (AvgIpc) is 2.82. The van der Waals surface area contributed by atoms with Crippen LogP contribution in [0.2, 0.25) is 0 Å². The molecule has 1 atom stereocenters. The minimum Gasteiger partial charge on any atom is -0.394 e. The van der Waals surface area contributed by atoms with Gasteiger partial charge in [0, 0.05) is 6.07 Å². The molecule has 0 fully saturated rings. The van der Waals surface area contributed by atoms with Gasteiger partial charge in [-0.1, -0.05) is 25.9 Å². The number of urea groups is 1. The number of aromatic nitrogens is 1. The SMILES string of the molecule is CCC(CO)NC(=O)NCc1cc(C(C)C)no1. The number of carbonyl (C=O) groups is 1. The second-order valence-corrected chi connectivity index (χ2v) is 4.49. The van der Waals surface area contributed by atoms with E-state index in [0.717, 1.165) is 5.69 Å².